The lowest BCUT2D eigenvalue weighted by atomic mass is 9.67. The summed E-state index contributed by atoms with van der Waals surface area (Å²) in [7, 11) is 0. The number of nitrogens with zero attached hydrogens (tertiary/aromatic N) is 5. The smallest absolute Gasteiger partial charge is 0.278 e. The van der Waals surface area contributed by atoms with Gasteiger partial charge in [-0.2, -0.15) is 10.2 Å². The van der Waals surface area contributed by atoms with Crippen molar-refractivity contribution < 1.29 is 18.3 Å². The summed E-state index contributed by atoms with van der Waals surface area (Å²) in [5, 5.41) is 15.9. The van der Waals surface area contributed by atoms with E-state index in [9.17, 15) is 14.0 Å². The van der Waals surface area contributed by atoms with Crippen molar-refractivity contribution >= 4 is 11.8 Å². The average molecular weight is 460 g/mol. The summed E-state index contributed by atoms with van der Waals surface area (Å²) in [4.78, 5) is 16.5. The number of nitriles is 1. The van der Waals surface area contributed by atoms with E-state index >= 15 is 0 Å². The second-order valence-corrected chi connectivity index (χ2v) is 9.51. The third-order valence-corrected chi connectivity index (χ3v) is 6.44. The number of aromatic nitrogens is 4. The summed E-state index contributed by atoms with van der Waals surface area (Å²) >= 11 is 0. The molecular formula is C22H27F2N7O2. The van der Waals surface area contributed by atoms with E-state index in [0.29, 0.717) is 16.9 Å². The number of hydrogen-bond donors (Lipinski definition) is 2. The van der Waals surface area contributed by atoms with Crippen molar-refractivity contribution in [3.05, 3.63) is 29.8 Å². The summed E-state index contributed by atoms with van der Waals surface area (Å²) in [6.07, 6.45) is 6.05. The van der Waals surface area contributed by atoms with Gasteiger partial charge in [-0.05, 0) is 25.2 Å². The molecule has 11 heteroatoms. The summed E-state index contributed by atoms with van der Waals surface area (Å²) in [5.41, 5.74) is 0.707. The number of anilines is 2. The van der Waals surface area contributed by atoms with Gasteiger partial charge in [0.25, 0.3) is 5.92 Å². The SMILES string of the molecule is CC(F)(F)COc1ncncc1CNc1ncc(C#N)c(N[C@@H]2CC3O[C@]3(C)C(C)(C)C2)n1. The van der Waals surface area contributed by atoms with Crippen LogP contribution in [0.3, 0.4) is 0 Å². The number of fused-ring (bicyclic) bond motifs is 1. The third kappa shape index (κ3) is 4.95. The van der Waals surface area contributed by atoms with Crippen LogP contribution in [0.5, 0.6) is 5.88 Å². The van der Waals surface area contributed by atoms with Crippen LogP contribution in [0.15, 0.2) is 18.7 Å². The minimum absolute atomic E-state index is 0.00644. The molecule has 1 unspecified atom stereocenters. The molecule has 0 amide bonds. The second kappa shape index (κ2) is 8.33. The molecule has 33 heavy (non-hydrogen) atoms. The van der Waals surface area contributed by atoms with Gasteiger partial charge in [0.05, 0.1) is 23.5 Å². The maximum atomic E-state index is 13.1. The highest BCUT2D eigenvalue weighted by Gasteiger charge is 2.65. The Hall–Kier alpha value is -3.13. The normalized spacial score (nSPS) is 25.5. The van der Waals surface area contributed by atoms with Crippen molar-refractivity contribution in [2.75, 3.05) is 17.2 Å². The lowest BCUT2D eigenvalue weighted by Crippen LogP contribution is -2.43. The Morgan fingerprint density at radius 3 is 2.79 bits per heavy atom. The number of nitrogens with one attached hydrogen (secondary N) is 2. The minimum Gasteiger partial charge on any atom is -0.471 e. The van der Waals surface area contributed by atoms with Crippen molar-refractivity contribution in [1.29, 1.82) is 5.26 Å². The molecule has 0 radical (unpaired) electrons. The molecule has 1 aliphatic carbocycles. The molecule has 2 aliphatic rings. The fourth-order valence-corrected chi connectivity index (χ4v) is 4.22. The van der Waals surface area contributed by atoms with Crippen LogP contribution in [0, 0.1) is 16.7 Å². The molecule has 4 rings (SSSR count). The largest absolute Gasteiger partial charge is 0.471 e. The van der Waals surface area contributed by atoms with Crippen LogP contribution >= 0.6 is 0 Å². The Labute approximate surface area is 191 Å². The molecule has 3 heterocycles. The molecule has 0 spiro atoms. The first kappa shape index (κ1) is 23.0. The van der Waals surface area contributed by atoms with Gasteiger partial charge in [-0.15, -0.1) is 0 Å². The highest BCUT2D eigenvalue weighted by atomic mass is 19.3. The number of rotatable bonds is 8. The van der Waals surface area contributed by atoms with Crippen molar-refractivity contribution in [2.45, 2.75) is 70.8 Å². The van der Waals surface area contributed by atoms with Crippen molar-refractivity contribution in [1.82, 2.24) is 19.9 Å². The maximum absolute atomic E-state index is 13.1. The fraction of sp³-hybridized carbons (Fsp3) is 0.591. The topological polar surface area (TPSA) is 121 Å². The van der Waals surface area contributed by atoms with Gasteiger partial charge in [-0.25, -0.2) is 23.7 Å². The highest BCUT2D eigenvalue weighted by Crippen LogP contribution is 2.58. The highest BCUT2D eigenvalue weighted by molar-refractivity contribution is 5.54. The monoisotopic (exact) mass is 459 g/mol. The minimum atomic E-state index is -2.98. The van der Waals surface area contributed by atoms with Crippen molar-refractivity contribution in [3.8, 4) is 11.9 Å². The third-order valence-electron chi connectivity index (χ3n) is 6.44. The first-order valence-electron chi connectivity index (χ1n) is 10.8. The molecule has 176 valence electrons. The Morgan fingerprint density at radius 2 is 2.09 bits per heavy atom. The quantitative estimate of drug-likeness (QED) is 0.571. The molecule has 0 aromatic carbocycles. The Morgan fingerprint density at radius 1 is 1.30 bits per heavy atom. The molecule has 3 atom stereocenters. The first-order valence-corrected chi connectivity index (χ1v) is 10.8. The van der Waals surface area contributed by atoms with Crippen LogP contribution < -0.4 is 15.4 Å². The maximum Gasteiger partial charge on any atom is 0.278 e. The molecule has 2 N–H and O–H groups in total. The molecule has 0 bridgehead atoms. The zero-order valence-electron chi connectivity index (χ0n) is 19.0. The van der Waals surface area contributed by atoms with Crippen LogP contribution in [0.1, 0.15) is 51.7 Å². The Balaban J connectivity index is 1.45. The van der Waals surface area contributed by atoms with Gasteiger partial charge in [0.1, 0.15) is 23.8 Å². The number of epoxide rings is 1. The van der Waals surface area contributed by atoms with Gasteiger partial charge in [0.2, 0.25) is 11.8 Å². The van der Waals surface area contributed by atoms with Gasteiger partial charge in [-0.1, -0.05) is 13.8 Å². The van der Waals surface area contributed by atoms with Crippen LogP contribution in [-0.2, 0) is 11.3 Å². The first-order chi connectivity index (χ1) is 15.5. The Kier molecular flexibility index (Phi) is 5.82. The molecule has 1 aliphatic heterocycles. The molecule has 2 aromatic rings. The summed E-state index contributed by atoms with van der Waals surface area (Å²) < 4.78 is 37.4. The van der Waals surface area contributed by atoms with E-state index in [1.165, 1.54) is 18.7 Å². The van der Waals surface area contributed by atoms with E-state index < -0.39 is 12.5 Å². The number of alkyl halides is 2. The average Bonchev–Trinajstić information content (AvgIpc) is 3.42. The van der Waals surface area contributed by atoms with E-state index in [-0.39, 0.29) is 41.5 Å². The van der Waals surface area contributed by atoms with Crippen LogP contribution in [0.4, 0.5) is 20.5 Å². The second-order valence-electron chi connectivity index (χ2n) is 9.51. The van der Waals surface area contributed by atoms with Crippen LogP contribution in [0.2, 0.25) is 0 Å². The van der Waals surface area contributed by atoms with Gasteiger partial charge in [-0.3, -0.25) is 0 Å². The van der Waals surface area contributed by atoms with Gasteiger partial charge >= 0.3 is 0 Å². The zero-order valence-corrected chi connectivity index (χ0v) is 19.0. The molecule has 2 fully saturated rings. The molecule has 1 saturated carbocycles. The predicted molar refractivity (Wildman–Crippen MR) is 116 cm³/mol. The van der Waals surface area contributed by atoms with Crippen molar-refractivity contribution in [2.24, 2.45) is 5.41 Å². The standard InChI is InChI=1S/C22H27F2N7O2/c1-20(2)6-15(5-16-22(20,4)33-16)30-17-13(7-25)9-27-19(31-17)28-10-14-8-26-12-29-18(14)32-11-21(3,23)24/h8-9,12,15-16H,5-6,10-11H2,1-4H3,(H2,27,28,30,31)/t15-,16?,22+/m1/s1. The van der Waals surface area contributed by atoms with E-state index in [1.54, 1.807) is 0 Å². The van der Waals surface area contributed by atoms with E-state index in [2.05, 4.69) is 57.4 Å². The predicted octanol–water partition coefficient (Wildman–Crippen LogP) is 3.54. The molecular weight excluding hydrogens is 432 g/mol. The lowest BCUT2D eigenvalue weighted by molar-refractivity contribution is -0.0245. The van der Waals surface area contributed by atoms with Crippen LogP contribution in [-0.4, -0.2) is 50.2 Å². The lowest BCUT2D eigenvalue weighted by Gasteiger charge is -2.38. The van der Waals surface area contributed by atoms with Gasteiger partial charge in [0, 0.05) is 25.7 Å². The number of ether oxygens (including phenoxy) is 2. The number of halogens is 2. The number of hydrogen-bond acceptors (Lipinski definition) is 9. The summed E-state index contributed by atoms with van der Waals surface area (Å²) in [6, 6.07) is 2.22. The Bertz CT molecular complexity index is 1070. The molecule has 1 saturated heterocycles. The molecule has 2 aromatic heterocycles. The van der Waals surface area contributed by atoms with Crippen molar-refractivity contribution in [3.63, 3.8) is 0 Å². The van der Waals surface area contributed by atoms with E-state index in [0.717, 1.165) is 19.8 Å². The van der Waals surface area contributed by atoms with Gasteiger partial charge in [0.15, 0.2) is 6.61 Å². The molecule has 9 nitrogen and oxygen atoms in total. The fourth-order valence-electron chi connectivity index (χ4n) is 4.22. The van der Waals surface area contributed by atoms with Gasteiger partial charge < -0.3 is 20.1 Å². The summed E-state index contributed by atoms with van der Waals surface area (Å²) in [6.45, 7) is 6.66. The summed E-state index contributed by atoms with van der Waals surface area (Å²) in [5.74, 6) is -2.22. The van der Waals surface area contributed by atoms with E-state index in [1.807, 2.05) is 0 Å². The van der Waals surface area contributed by atoms with Crippen LogP contribution in [0.25, 0.3) is 0 Å². The van der Waals surface area contributed by atoms with E-state index in [4.69, 9.17) is 9.47 Å². The zero-order chi connectivity index (χ0) is 23.9.